The van der Waals surface area contributed by atoms with E-state index in [1.54, 1.807) is 0 Å². The zero-order chi connectivity index (χ0) is 17.5. The van der Waals surface area contributed by atoms with Crippen LogP contribution in [0.3, 0.4) is 0 Å². The maximum absolute atomic E-state index is 11.2. The molecule has 0 radical (unpaired) electrons. The molecule has 0 aliphatic rings. The van der Waals surface area contributed by atoms with Crippen LogP contribution >= 0.6 is 0 Å². The van der Waals surface area contributed by atoms with Gasteiger partial charge in [-0.3, -0.25) is 20.2 Å². The van der Waals surface area contributed by atoms with Crippen molar-refractivity contribution in [2.75, 3.05) is 7.11 Å². The first-order valence-electron chi connectivity index (χ1n) is 6.86. The molecule has 124 valence electrons. The largest absolute Gasteiger partial charge is 0.493 e. The minimum atomic E-state index is -0.698. The summed E-state index contributed by atoms with van der Waals surface area (Å²) >= 11 is 0. The second kappa shape index (κ2) is 7.73. The van der Waals surface area contributed by atoms with Crippen molar-refractivity contribution in [3.63, 3.8) is 0 Å². The Labute approximate surface area is 137 Å². The van der Waals surface area contributed by atoms with E-state index in [1.807, 2.05) is 30.3 Å². The van der Waals surface area contributed by atoms with Gasteiger partial charge in [-0.1, -0.05) is 30.3 Å². The zero-order valence-electron chi connectivity index (χ0n) is 12.7. The van der Waals surface area contributed by atoms with Gasteiger partial charge < -0.3 is 9.47 Å². The predicted molar refractivity (Wildman–Crippen MR) is 86.5 cm³/mol. The molecule has 0 atom stereocenters. The third-order valence-electron chi connectivity index (χ3n) is 3.12. The fourth-order valence-electron chi connectivity index (χ4n) is 2.01. The highest BCUT2D eigenvalue weighted by atomic mass is 16.6. The van der Waals surface area contributed by atoms with Crippen LogP contribution in [0.2, 0.25) is 0 Å². The molecule has 2 aromatic rings. The van der Waals surface area contributed by atoms with Gasteiger partial charge in [0.1, 0.15) is 6.61 Å². The molecule has 2 aromatic carbocycles. The number of hydrogen-bond acceptors (Lipinski definition) is 6. The lowest BCUT2D eigenvalue weighted by Crippen LogP contribution is -2.00. The van der Waals surface area contributed by atoms with E-state index in [2.05, 4.69) is 0 Å². The normalized spacial score (nSPS) is 10.5. The lowest BCUT2D eigenvalue weighted by atomic mass is 10.1. The number of benzene rings is 2. The number of rotatable bonds is 7. The predicted octanol–water partition coefficient (Wildman–Crippen LogP) is 3.43. The van der Waals surface area contributed by atoms with E-state index < -0.39 is 9.85 Å². The van der Waals surface area contributed by atoms with Crippen LogP contribution in [0.5, 0.6) is 11.5 Å². The first kappa shape index (κ1) is 16.9. The van der Waals surface area contributed by atoms with Gasteiger partial charge in [-0.2, -0.15) is 0 Å². The molecule has 0 unspecified atom stereocenters. The number of methoxy groups -OCH3 is 1. The summed E-state index contributed by atoms with van der Waals surface area (Å²) in [6.07, 6.45) is 1.67. The fraction of sp³-hybridized carbons (Fsp3) is 0.125. The van der Waals surface area contributed by atoms with E-state index >= 15 is 0 Å². The van der Waals surface area contributed by atoms with E-state index in [0.717, 1.165) is 11.6 Å². The Morgan fingerprint density at radius 2 is 1.79 bits per heavy atom. The van der Waals surface area contributed by atoms with Crippen molar-refractivity contribution in [3.8, 4) is 11.5 Å². The van der Waals surface area contributed by atoms with Gasteiger partial charge >= 0.3 is 0 Å². The molecule has 0 amide bonds. The standard InChI is InChI=1S/C16H14N2O6/c1-23-15-9-13(7-8-17(19)20)14(18(21)22)10-16(15)24-11-12-5-3-2-4-6-12/h2-10H,11H2,1H3/b8-7+. The smallest absolute Gasteiger partial charge is 0.280 e. The number of nitro groups is 2. The molecule has 24 heavy (non-hydrogen) atoms. The van der Waals surface area contributed by atoms with Gasteiger partial charge in [-0.05, 0) is 11.6 Å². The van der Waals surface area contributed by atoms with Crippen molar-refractivity contribution in [1.29, 1.82) is 0 Å². The highest BCUT2D eigenvalue weighted by molar-refractivity contribution is 5.66. The summed E-state index contributed by atoms with van der Waals surface area (Å²) in [5, 5.41) is 21.6. The molecule has 0 fully saturated rings. The quantitative estimate of drug-likeness (QED) is 0.569. The Bertz CT molecular complexity index is 774. The number of ether oxygens (including phenoxy) is 2. The average Bonchev–Trinajstić information content (AvgIpc) is 2.58. The minimum Gasteiger partial charge on any atom is -0.493 e. The second-order valence-corrected chi connectivity index (χ2v) is 4.69. The summed E-state index contributed by atoms with van der Waals surface area (Å²) in [6, 6.07) is 11.8. The van der Waals surface area contributed by atoms with Crippen LogP contribution in [-0.4, -0.2) is 17.0 Å². The third-order valence-corrected chi connectivity index (χ3v) is 3.12. The van der Waals surface area contributed by atoms with Crippen molar-refractivity contribution in [2.24, 2.45) is 0 Å². The van der Waals surface area contributed by atoms with Gasteiger partial charge in [0.25, 0.3) is 5.69 Å². The Balaban J connectivity index is 2.35. The van der Waals surface area contributed by atoms with Crippen LogP contribution in [0.1, 0.15) is 11.1 Å². The van der Waals surface area contributed by atoms with Crippen molar-refractivity contribution >= 4 is 11.8 Å². The van der Waals surface area contributed by atoms with E-state index in [-0.39, 0.29) is 29.4 Å². The number of nitrogens with zero attached hydrogens (tertiary/aromatic N) is 2. The van der Waals surface area contributed by atoms with Crippen LogP contribution in [0.4, 0.5) is 5.69 Å². The van der Waals surface area contributed by atoms with Crippen molar-refractivity contribution in [3.05, 3.63) is 80.0 Å². The van der Waals surface area contributed by atoms with Gasteiger partial charge in [0.05, 0.1) is 28.6 Å². The van der Waals surface area contributed by atoms with Crippen molar-refractivity contribution in [1.82, 2.24) is 0 Å². The van der Waals surface area contributed by atoms with Gasteiger partial charge in [-0.25, -0.2) is 0 Å². The van der Waals surface area contributed by atoms with Gasteiger partial charge in [0.2, 0.25) is 6.20 Å². The van der Waals surface area contributed by atoms with Crippen molar-refractivity contribution in [2.45, 2.75) is 6.61 Å². The lowest BCUT2D eigenvalue weighted by molar-refractivity contribution is -0.401. The monoisotopic (exact) mass is 330 g/mol. The zero-order valence-corrected chi connectivity index (χ0v) is 12.7. The van der Waals surface area contributed by atoms with Crippen LogP contribution in [0.25, 0.3) is 6.08 Å². The van der Waals surface area contributed by atoms with Gasteiger partial charge in [-0.15, -0.1) is 0 Å². The molecular formula is C16H14N2O6. The lowest BCUT2D eigenvalue weighted by Gasteiger charge is -2.11. The van der Waals surface area contributed by atoms with E-state index in [1.165, 1.54) is 19.2 Å². The molecule has 0 saturated heterocycles. The maximum Gasteiger partial charge on any atom is 0.280 e. The first-order chi connectivity index (χ1) is 11.5. The average molecular weight is 330 g/mol. The minimum absolute atomic E-state index is 0.0561. The van der Waals surface area contributed by atoms with Crippen LogP contribution in [0, 0.1) is 20.2 Å². The molecule has 0 N–H and O–H groups in total. The summed E-state index contributed by atoms with van der Waals surface area (Å²) in [4.78, 5) is 20.3. The highest BCUT2D eigenvalue weighted by Gasteiger charge is 2.19. The molecule has 8 nitrogen and oxygen atoms in total. The summed E-state index contributed by atoms with van der Waals surface area (Å²) in [5.41, 5.74) is 0.636. The molecule has 0 heterocycles. The molecule has 0 aliphatic heterocycles. The van der Waals surface area contributed by atoms with E-state index in [4.69, 9.17) is 9.47 Å². The van der Waals surface area contributed by atoms with E-state index in [0.29, 0.717) is 6.20 Å². The Kier molecular flexibility index (Phi) is 5.45. The number of nitro benzene ring substituents is 1. The van der Waals surface area contributed by atoms with Crippen LogP contribution in [-0.2, 0) is 6.61 Å². The molecular weight excluding hydrogens is 316 g/mol. The summed E-state index contributed by atoms with van der Waals surface area (Å²) in [7, 11) is 1.39. The molecule has 0 bridgehead atoms. The first-order valence-corrected chi connectivity index (χ1v) is 6.86. The summed E-state index contributed by atoms with van der Waals surface area (Å²) in [6.45, 7) is 0.207. The summed E-state index contributed by atoms with van der Waals surface area (Å²) in [5.74, 6) is 0.436. The topological polar surface area (TPSA) is 105 Å². The molecule has 0 aromatic heterocycles. The molecule has 0 spiro atoms. The highest BCUT2D eigenvalue weighted by Crippen LogP contribution is 2.35. The van der Waals surface area contributed by atoms with Gasteiger partial charge in [0.15, 0.2) is 11.5 Å². The molecule has 0 saturated carbocycles. The summed E-state index contributed by atoms with van der Waals surface area (Å²) < 4.78 is 10.8. The maximum atomic E-state index is 11.2. The molecule has 8 heteroatoms. The SMILES string of the molecule is COc1cc(/C=C/[N+](=O)[O-])c([N+](=O)[O-])cc1OCc1ccccc1. The van der Waals surface area contributed by atoms with Crippen molar-refractivity contribution < 1.29 is 19.3 Å². The van der Waals surface area contributed by atoms with Crippen LogP contribution < -0.4 is 9.47 Å². The Morgan fingerprint density at radius 1 is 1.08 bits per heavy atom. The Morgan fingerprint density at radius 3 is 2.38 bits per heavy atom. The van der Waals surface area contributed by atoms with Crippen LogP contribution in [0.15, 0.2) is 48.7 Å². The number of hydrogen-bond donors (Lipinski definition) is 0. The second-order valence-electron chi connectivity index (χ2n) is 4.69. The molecule has 2 rings (SSSR count). The van der Waals surface area contributed by atoms with E-state index in [9.17, 15) is 20.2 Å². The fourth-order valence-corrected chi connectivity index (χ4v) is 2.01. The Hall–Kier alpha value is -3.42. The van der Waals surface area contributed by atoms with Gasteiger partial charge in [0, 0.05) is 6.08 Å². The molecule has 0 aliphatic carbocycles. The third kappa shape index (κ3) is 4.29.